The molecule has 0 bridgehead atoms. The molecule has 0 saturated carbocycles. The van der Waals surface area contributed by atoms with Crippen LogP contribution in [-0.4, -0.2) is 45.9 Å². The van der Waals surface area contributed by atoms with Gasteiger partial charge in [0, 0.05) is 0 Å². The molecule has 0 saturated heterocycles. The summed E-state index contributed by atoms with van der Waals surface area (Å²) in [5.41, 5.74) is 5.21. The number of rotatable bonds is 7. The quantitative estimate of drug-likeness (QED) is 0.257. The fourth-order valence-corrected chi connectivity index (χ4v) is 1.75. The minimum Gasteiger partial charge on any atom is -0.486 e. The van der Waals surface area contributed by atoms with Crippen LogP contribution in [-0.2, 0) is 27.2 Å². The number of hydrogen-bond donors (Lipinski definition) is 5. The fraction of sp³-hybridized carbons (Fsp3) is 0.625. The zero-order chi connectivity index (χ0) is 13.6. The first-order chi connectivity index (χ1) is 7.81. The van der Waals surface area contributed by atoms with Gasteiger partial charge in [0.05, 0.1) is 12.2 Å². The molecule has 0 aliphatic heterocycles. The molecule has 9 heteroatoms. The zero-order valence-corrected chi connectivity index (χ0v) is 10.5. The van der Waals surface area contributed by atoms with Gasteiger partial charge in [-0.05, 0) is 6.42 Å². The Balaban J connectivity index is 4.31. The molecule has 0 aromatic carbocycles. The average Bonchev–Trinajstić information content (AvgIpc) is 2.25. The second kappa shape index (κ2) is 7.54. The highest BCUT2D eigenvalue weighted by Gasteiger charge is 2.26. The molecule has 98 valence electrons. The van der Waals surface area contributed by atoms with Crippen LogP contribution in [0.5, 0.6) is 0 Å². The van der Waals surface area contributed by atoms with Crippen molar-refractivity contribution in [3.05, 3.63) is 0 Å². The van der Waals surface area contributed by atoms with Crippen LogP contribution < -0.4 is 10.0 Å². The van der Waals surface area contributed by atoms with Crippen LogP contribution in [0.15, 0.2) is 0 Å². The standard InChI is InChI=1S/C8H14N2O5S2/c9-4(7(12)13)1-2-6(11)10(17)5(3-16)8(14)15/h4-5,10,16H,1-3,9H2,(H,12,13)(H,14,15)/t4-,5-/m0/s1. The third-order valence-electron chi connectivity index (χ3n) is 2.07. The summed E-state index contributed by atoms with van der Waals surface area (Å²) in [6.45, 7) is 0. The minimum absolute atomic E-state index is 0.0762. The maximum atomic E-state index is 11.5. The third kappa shape index (κ3) is 5.39. The van der Waals surface area contributed by atoms with Crippen molar-refractivity contribution in [1.82, 2.24) is 0 Å². The van der Waals surface area contributed by atoms with Crippen LogP contribution in [0.2, 0.25) is 0 Å². The predicted molar refractivity (Wildman–Crippen MR) is 63.5 cm³/mol. The summed E-state index contributed by atoms with van der Waals surface area (Å²) in [6, 6.07) is -2.28. The first-order valence-corrected chi connectivity index (χ1v) is 5.74. The molecule has 0 aliphatic rings. The lowest BCUT2D eigenvalue weighted by Crippen LogP contribution is -3.15. The van der Waals surface area contributed by atoms with Crippen molar-refractivity contribution in [3.8, 4) is 0 Å². The maximum absolute atomic E-state index is 11.5. The molecular weight excluding hydrogens is 268 g/mol. The molecule has 0 aliphatic carbocycles. The normalized spacial score (nSPS) is 15.9. The van der Waals surface area contributed by atoms with E-state index in [1.807, 2.05) is 0 Å². The largest absolute Gasteiger partial charge is 0.486 e. The Bertz CT molecular complexity index is 312. The highest BCUT2D eigenvalue weighted by atomic mass is 32.1. The molecule has 5 N–H and O–H groups in total. The van der Waals surface area contributed by atoms with Gasteiger partial charge < -0.3 is 33.1 Å². The monoisotopic (exact) mass is 282 g/mol. The molecule has 7 nitrogen and oxygen atoms in total. The number of carbonyl (C=O) groups excluding carboxylic acids is 1. The molecule has 1 unspecified atom stereocenters. The number of carboxylic acid groups (broad SMARTS) is 2. The Labute approximate surface area is 109 Å². The fourth-order valence-electron chi connectivity index (χ4n) is 1.00. The van der Waals surface area contributed by atoms with Gasteiger partial charge in [-0.1, -0.05) is 0 Å². The molecule has 0 aromatic heterocycles. The van der Waals surface area contributed by atoms with Crippen LogP contribution in [0.25, 0.3) is 0 Å². The molecule has 17 heavy (non-hydrogen) atoms. The van der Waals surface area contributed by atoms with Gasteiger partial charge in [0.25, 0.3) is 5.91 Å². The number of quaternary nitrogens is 1. The first-order valence-electron chi connectivity index (χ1n) is 4.70. The number of aliphatic carboxylic acids is 2. The summed E-state index contributed by atoms with van der Waals surface area (Å²) in [7, 11) is 0. The molecule has 0 radical (unpaired) electrons. The second-order valence-corrected chi connectivity index (χ2v) is 4.15. The predicted octanol–water partition coefficient (Wildman–Crippen LogP) is -2.57. The minimum atomic E-state index is -1.22. The Kier molecular flexibility index (Phi) is 7.19. The topological polar surface area (TPSA) is 122 Å². The number of amides is 1. The van der Waals surface area contributed by atoms with E-state index < -0.39 is 29.9 Å². The van der Waals surface area contributed by atoms with Crippen LogP contribution in [0, 0.1) is 0 Å². The van der Waals surface area contributed by atoms with Crippen molar-refractivity contribution in [2.24, 2.45) is 5.73 Å². The van der Waals surface area contributed by atoms with E-state index in [4.69, 9.17) is 28.8 Å². The van der Waals surface area contributed by atoms with Gasteiger partial charge in [0.15, 0.2) is 6.04 Å². The van der Waals surface area contributed by atoms with E-state index in [2.05, 4.69) is 12.6 Å². The molecular formula is C8H14N2O5S2. The van der Waals surface area contributed by atoms with Crippen molar-refractivity contribution < 1.29 is 28.9 Å². The number of carbonyl (C=O) groups is 3. The van der Waals surface area contributed by atoms with E-state index >= 15 is 0 Å². The lowest BCUT2D eigenvalue weighted by molar-refractivity contribution is -0.687. The second-order valence-electron chi connectivity index (χ2n) is 3.34. The lowest BCUT2D eigenvalue weighted by atomic mass is 10.1. The number of thiol groups is 1. The van der Waals surface area contributed by atoms with Crippen molar-refractivity contribution in [1.29, 1.82) is 0 Å². The third-order valence-corrected chi connectivity index (χ3v) is 2.95. The highest BCUT2D eigenvalue weighted by molar-refractivity contribution is 7.80. The van der Waals surface area contributed by atoms with Gasteiger partial charge in [-0.25, -0.2) is 9.59 Å². The molecule has 1 amide bonds. The zero-order valence-electron chi connectivity index (χ0n) is 8.83. The van der Waals surface area contributed by atoms with Crippen LogP contribution in [0.3, 0.4) is 0 Å². The smallest absolute Gasteiger partial charge is 0.362 e. The van der Waals surface area contributed by atoms with E-state index in [0.717, 1.165) is 0 Å². The summed E-state index contributed by atoms with van der Waals surface area (Å²) < 4.78 is -0.245. The van der Waals surface area contributed by atoms with Crippen molar-refractivity contribution in [3.63, 3.8) is 0 Å². The molecule has 0 heterocycles. The number of hydrogen-bond acceptors (Lipinski definition) is 6. The van der Waals surface area contributed by atoms with E-state index in [-0.39, 0.29) is 22.9 Å². The van der Waals surface area contributed by atoms with Gasteiger partial charge in [-0.2, -0.15) is 12.6 Å². The SMILES string of the molecule is N[C@@H](CCC(=O)[NH+]([S-])[C@@H](CS)C(=O)O)C(=O)O. The molecule has 0 spiro atoms. The Morgan fingerprint density at radius 2 is 1.82 bits per heavy atom. The van der Waals surface area contributed by atoms with Gasteiger partial charge >= 0.3 is 11.9 Å². The van der Waals surface area contributed by atoms with Gasteiger partial charge in [-0.15, -0.1) is 0 Å². The van der Waals surface area contributed by atoms with Crippen LogP contribution >= 0.6 is 12.6 Å². The van der Waals surface area contributed by atoms with Crippen LogP contribution in [0.4, 0.5) is 0 Å². The van der Waals surface area contributed by atoms with Gasteiger partial charge in [-0.3, -0.25) is 4.79 Å². The van der Waals surface area contributed by atoms with E-state index in [9.17, 15) is 14.4 Å². The summed E-state index contributed by atoms with van der Waals surface area (Å²) >= 11 is 8.51. The maximum Gasteiger partial charge on any atom is 0.362 e. The van der Waals surface area contributed by atoms with Gasteiger partial charge in [0.1, 0.15) is 6.04 Å². The van der Waals surface area contributed by atoms with Gasteiger partial charge in [0.2, 0.25) is 0 Å². The molecule has 0 aromatic rings. The highest BCUT2D eigenvalue weighted by Crippen LogP contribution is 1.94. The molecule has 0 rings (SSSR count). The van der Waals surface area contributed by atoms with Crippen molar-refractivity contribution in [2.75, 3.05) is 5.75 Å². The summed E-state index contributed by atoms with van der Waals surface area (Å²) in [5, 5.41) is 17.3. The summed E-state index contributed by atoms with van der Waals surface area (Å²) in [6.07, 6.45) is -0.253. The number of nitrogens with one attached hydrogen (secondary N) is 1. The summed E-state index contributed by atoms with van der Waals surface area (Å²) in [5.74, 6) is -3.09. The average molecular weight is 282 g/mol. The van der Waals surface area contributed by atoms with Crippen LogP contribution in [0.1, 0.15) is 12.8 Å². The molecule has 0 fully saturated rings. The van der Waals surface area contributed by atoms with E-state index in [1.54, 1.807) is 0 Å². The Hall–Kier alpha value is -0.770. The van der Waals surface area contributed by atoms with Crippen molar-refractivity contribution in [2.45, 2.75) is 24.9 Å². The Morgan fingerprint density at radius 3 is 2.18 bits per heavy atom. The van der Waals surface area contributed by atoms with E-state index in [1.165, 1.54) is 0 Å². The first kappa shape index (κ1) is 16.2. The number of carboxylic acids is 2. The van der Waals surface area contributed by atoms with E-state index in [0.29, 0.717) is 0 Å². The summed E-state index contributed by atoms with van der Waals surface area (Å²) in [4.78, 5) is 32.6. The Morgan fingerprint density at radius 1 is 1.29 bits per heavy atom. The molecule has 3 atom stereocenters. The van der Waals surface area contributed by atoms with Crippen molar-refractivity contribution >= 4 is 43.3 Å². The number of nitrogens with two attached hydrogens (primary N) is 1. The lowest BCUT2D eigenvalue weighted by Gasteiger charge is -2.26.